The van der Waals surface area contributed by atoms with Crippen LogP contribution in [0.5, 0.6) is 0 Å². The molecule has 0 amide bonds. The predicted octanol–water partition coefficient (Wildman–Crippen LogP) is 2.86. The van der Waals surface area contributed by atoms with Gasteiger partial charge in [-0.15, -0.1) is 24.0 Å². The first-order valence-corrected chi connectivity index (χ1v) is 8.47. The molecule has 1 aliphatic heterocycles. The van der Waals surface area contributed by atoms with E-state index >= 15 is 0 Å². The molecule has 0 aliphatic carbocycles. The first-order chi connectivity index (χ1) is 11.3. The number of aryl methyl sites for hydroxylation is 1. The Balaban J connectivity index is 0.00000288. The van der Waals surface area contributed by atoms with Crippen LogP contribution in [-0.4, -0.2) is 45.5 Å². The SMILES string of the molecule is CN=C(NCCCOC1CCOCC1)NCc1cccc(C)c1.I. The van der Waals surface area contributed by atoms with Crippen LogP contribution in [0.25, 0.3) is 0 Å². The number of nitrogens with zero attached hydrogens (tertiary/aromatic N) is 1. The topological polar surface area (TPSA) is 54.9 Å². The molecule has 5 nitrogen and oxygen atoms in total. The van der Waals surface area contributed by atoms with Crippen LogP contribution in [0.3, 0.4) is 0 Å². The van der Waals surface area contributed by atoms with E-state index in [-0.39, 0.29) is 24.0 Å². The van der Waals surface area contributed by atoms with Crippen molar-refractivity contribution >= 4 is 29.9 Å². The van der Waals surface area contributed by atoms with Gasteiger partial charge in [-0.1, -0.05) is 29.8 Å². The van der Waals surface area contributed by atoms with Crippen molar-refractivity contribution in [3.8, 4) is 0 Å². The Bertz CT molecular complexity index is 491. The van der Waals surface area contributed by atoms with Crippen LogP contribution in [0.15, 0.2) is 29.3 Å². The zero-order valence-corrected chi connectivity index (χ0v) is 17.0. The maximum Gasteiger partial charge on any atom is 0.191 e. The number of hydrogen-bond donors (Lipinski definition) is 2. The second-order valence-electron chi connectivity index (χ2n) is 5.88. The number of nitrogens with one attached hydrogen (secondary N) is 2. The van der Waals surface area contributed by atoms with E-state index in [9.17, 15) is 0 Å². The van der Waals surface area contributed by atoms with Gasteiger partial charge in [0.15, 0.2) is 5.96 Å². The van der Waals surface area contributed by atoms with Crippen LogP contribution < -0.4 is 10.6 Å². The second-order valence-corrected chi connectivity index (χ2v) is 5.88. The van der Waals surface area contributed by atoms with E-state index in [1.807, 2.05) is 0 Å². The average molecular weight is 447 g/mol. The van der Waals surface area contributed by atoms with Crippen LogP contribution in [0.4, 0.5) is 0 Å². The van der Waals surface area contributed by atoms with Crippen molar-refractivity contribution in [3.63, 3.8) is 0 Å². The highest BCUT2D eigenvalue weighted by molar-refractivity contribution is 14.0. The van der Waals surface area contributed by atoms with Crippen molar-refractivity contribution in [2.24, 2.45) is 4.99 Å². The third kappa shape index (κ3) is 8.30. The van der Waals surface area contributed by atoms with E-state index in [2.05, 4.69) is 46.8 Å². The highest BCUT2D eigenvalue weighted by Gasteiger charge is 2.13. The van der Waals surface area contributed by atoms with Gasteiger partial charge in [0.05, 0.1) is 6.10 Å². The lowest BCUT2D eigenvalue weighted by atomic mass is 10.1. The van der Waals surface area contributed by atoms with Crippen LogP contribution >= 0.6 is 24.0 Å². The summed E-state index contributed by atoms with van der Waals surface area (Å²) in [5.74, 6) is 0.831. The lowest BCUT2D eigenvalue weighted by molar-refractivity contribution is -0.0320. The Hall–Kier alpha value is -0.860. The predicted molar refractivity (Wildman–Crippen MR) is 109 cm³/mol. The Kier molecular flexibility index (Phi) is 11.0. The van der Waals surface area contributed by atoms with E-state index < -0.39 is 0 Å². The molecule has 0 saturated carbocycles. The highest BCUT2D eigenvalue weighted by Crippen LogP contribution is 2.10. The number of halogens is 1. The van der Waals surface area contributed by atoms with E-state index in [1.165, 1.54) is 11.1 Å². The van der Waals surface area contributed by atoms with Crippen LogP contribution in [0.2, 0.25) is 0 Å². The summed E-state index contributed by atoms with van der Waals surface area (Å²) in [4.78, 5) is 4.25. The molecular weight excluding hydrogens is 417 g/mol. The molecule has 2 N–H and O–H groups in total. The van der Waals surface area contributed by atoms with Crippen LogP contribution in [-0.2, 0) is 16.0 Å². The van der Waals surface area contributed by atoms with Crippen LogP contribution in [0, 0.1) is 6.92 Å². The molecule has 0 unspecified atom stereocenters. The molecule has 0 bridgehead atoms. The average Bonchev–Trinajstić information content (AvgIpc) is 2.58. The minimum Gasteiger partial charge on any atom is -0.381 e. The molecule has 0 radical (unpaired) electrons. The standard InChI is InChI=1S/C18H29N3O2.HI/c1-15-5-3-6-16(13-15)14-21-18(19-2)20-9-4-10-23-17-7-11-22-12-8-17;/h3,5-6,13,17H,4,7-12,14H2,1-2H3,(H2,19,20,21);1H. The summed E-state index contributed by atoms with van der Waals surface area (Å²) in [6.45, 7) is 6.19. The van der Waals surface area contributed by atoms with Gasteiger partial charge >= 0.3 is 0 Å². The lowest BCUT2D eigenvalue weighted by Gasteiger charge is -2.22. The van der Waals surface area contributed by atoms with Gasteiger partial charge in [-0.25, -0.2) is 0 Å². The number of hydrogen-bond acceptors (Lipinski definition) is 3. The van der Waals surface area contributed by atoms with Crippen LogP contribution in [0.1, 0.15) is 30.4 Å². The first kappa shape index (κ1) is 21.2. The Morgan fingerprint density at radius 3 is 2.79 bits per heavy atom. The molecule has 1 aromatic carbocycles. The fraction of sp³-hybridized carbons (Fsp3) is 0.611. The van der Waals surface area contributed by atoms with Gasteiger partial charge in [0.2, 0.25) is 0 Å². The third-order valence-corrected chi connectivity index (χ3v) is 3.90. The van der Waals surface area contributed by atoms with Crippen molar-refractivity contribution in [3.05, 3.63) is 35.4 Å². The molecular formula is C18H30IN3O2. The normalized spacial score (nSPS) is 15.7. The number of rotatable bonds is 7. The monoisotopic (exact) mass is 447 g/mol. The van der Waals surface area contributed by atoms with Gasteiger partial charge in [0.1, 0.15) is 0 Å². The van der Waals surface area contributed by atoms with Crippen molar-refractivity contribution < 1.29 is 9.47 Å². The number of aliphatic imine (C=N–C) groups is 1. The zero-order valence-electron chi connectivity index (χ0n) is 14.7. The molecule has 24 heavy (non-hydrogen) atoms. The van der Waals surface area contributed by atoms with Gasteiger partial charge in [-0.05, 0) is 31.7 Å². The molecule has 1 fully saturated rings. The lowest BCUT2D eigenvalue weighted by Crippen LogP contribution is -2.37. The molecule has 6 heteroatoms. The molecule has 1 saturated heterocycles. The molecule has 1 heterocycles. The number of guanidine groups is 1. The number of ether oxygens (including phenoxy) is 2. The zero-order chi connectivity index (χ0) is 16.3. The molecule has 136 valence electrons. The second kappa shape index (κ2) is 12.5. The molecule has 0 spiro atoms. The van der Waals surface area contributed by atoms with E-state index in [0.717, 1.165) is 58.1 Å². The van der Waals surface area contributed by atoms with Crippen molar-refractivity contribution in [1.82, 2.24) is 10.6 Å². The minimum absolute atomic E-state index is 0. The Morgan fingerprint density at radius 1 is 1.29 bits per heavy atom. The molecule has 1 aliphatic rings. The summed E-state index contributed by atoms with van der Waals surface area (Å²) >= 11 is 0. The number of benzene rings is 1. The van der Waals surface area contributed by atoms with E-state index in [0.29, 0.717) is 6.10 Å². The summed E-state index contributed by atoms with van der Waals surface area (Å²) in [7, 11) is 1.80. The van der Waals surface area contributed by atoms with Crippen molar-refractivity contribution in [2.75, 3.05) is 33.4 Å². The highest BCUT2D eigenvalue weighted by atomic mass is 127. The third-order valence-electron chi connectivity index (χ3n) is 3.90. The largest absolute Gasteiger partial charge is 0.381 e. The smallest absolute Gasteiger partial charge is 0.191 e. The maximum absolute atomic E-state index is 5.86. The van der Waals surface area contributed by atoms with Gasteiger partial charge in [0.25, 0.3) is 0 Å². The van der Waals surface area contributed by atoms with Crippen molar-refractivity contribution in [1.29, 1.82) is 0 Å². The first-order valence-electron chi connectivity index (χ1n) is 8.47. The Labute approximate surface area is 162 Å². The van der Waals surface area contributed by atoms with E-state index in [4.69, 9.17) is 9.47 Å². The summed E-state index contributed by atoms with van der Waals surface area (Å²) in [5.41, 5.74) is 2.54. The van der Waals surface area contributed by atoms with Gasteiger partial charge in [-0.3, -0.25) is 4.99 Å². The molecule has 2 rings (SSSR count). The van der Waals surface area contributed by atoms with E-state index in [1.54, 1.807) is 7.05 Å². The van der Waals surface area contributed by atoms with Gasteiger partial charge < -0.3 is 20.1 Å². The summed E-state index contributed by atoms with van der Waals surface area (Å²) in [6, 6.07) is 8.49. The summed E-state index contributed by atoms with van der Waals surface area (Å²) in [6.07, 6.45) is 3.39. The quantitative estimate of drug-likeness (QED) is 0.292. The maximum atomic E-state index is 5.86. The Morgan fingerprint density at radius 2 is 2.08 bits per heavy atom. The molecule has 1 aromatic rings. The summed E-state index contributed by atoms with van der Waals surface area (Å²) < 4.78 is 11.2. The van der Waals surface area contributed by atoms with Gasteiger partial charge in [0, 0.05) is 40.0 Å². The fourth-order valence-corrected chi connectivity index (χ4v) is 2.60. The fourth-order valence-electron chi connectivity index (χ4n) is 2.60. The van der Waals surface area contributed by atoms with Gasteiger partial charge in [-0.2, -0.15) is 0 Å². The minimum atomic E-state index is 0. The molecule has 0 atom stereocenters. The molecule has 0 aromatic heterocycles. The summed E-state index contributed by atoms with van der Waals surface area (Å²) in [5, 5.41) is 6.66. The van der Waals surface area contributed by atoms with Crippen molar-refractivity contribution in [2.45, 2.75) is 38.8 Å².